The Morgan fingerprint density at radius 1 is 1.29 bits per heavy atom. The van der Waals surface area contributed by atoms with Crippen LogP contribution in [-0.4, -0.2) is 21.1 Å². The molecule has 0 saturated heterocycles. The number of nitrogens with zero attached hydrogens (tertiary/aromatic N) is 3. The summed E-state index contributed by atoms with van der Waals surface area (Å²) in [5.41, 5.74) is 1.15. The molecule has 6 heteroatoms. The Kier molecular flexibility index (Phi) is 4.65. The number of aromatic nitrogens is 3. The lowest BCUT2D eigenvalue weighted by Crippen LogP contribution is -2.19. The fraction of sp³-hybridized carbons (Fsp3) is 0.409. The second-order valence-electron chi connectivity index (χ2n) is 8.13. The van der Waals surface area contributed by atoms with E-state index in [9.17, 15) is 9.18 Å². The molecule has 3 heterocycles. The minimum Gasteiger partial charge on any atom is -0.369 e. The highest BCUT2D eigenvalue weighted by molar-refractivity contribution is 5.86. The topological polar surface area (TPSA) is 59.8 Å². The Morgan fingerprint density at radius 3 is 2.89 bits per heavy atom. The number of fused-ring (bicyclic) bond motifs is 2. The first-order chi connectivity index (χ1) is 13.4. The molecule has 5 nitrogen and oxygen atoms in total. The van der Waals surface area contributed by atoms with Crippen molar-refractivity contribution < 1.29 is 4.39 Å². The molecule has 0 spiro atoms. The third-order valence-corrected chi connectivity index (χ3v) is 5.52. The van der Waals surface area contributed by atoms with Crippen molar-refractivity contribution in [2.45, 2.75) is 52.0 Å². The van der Waals surface area contributed by atoms with Gasteiger partial charge in [-0.1, -0.05) is 33.6 Å². The van der Waals surface area contributed by atoms with Crippen molar-refractivity contribution in [2.75, 3.05) is 11.9 Å². The zero-order valence-corrected chi connectivity index (χ0v) is 16.6. The number of halogens is 1. The predicted octanol–water partition coefficient (Wildman–Crippen LogP) is 4.49. The number of rotatable bonds is 5. The number of aryl methyl sites for hydroxylation is 1. The lowest BCUT2D eigenvalue weighted by atomic mass is 9.89. The molecule has 1 aromatic carbocycles. The highest BCUT2D eigenvalue weighted by Crippen LogP contribution is 2.35. The van der Waals surface area contributed by atoms with E-state index >= 15 is 0 Å². The molecule has 0 aliphatic carbocycles. The monoisotopic (exact) mass is 380 g/mol. The molecule has 0 amide bonds. The number of benzene rings is 1. The molecule has 4 rings (SSSR count). The van der Waals surface area contributed by atoms with Gasteiger partial charge in [0.05, 0.1) is 10.9 Å². The number of hydrogen-bond donors (Lipinski definition) is 1. The SMILES string of the molecule is CCCCCn1ccc2cc(-c3ncc4c(n3)NCC4(C)C)c(F)cc2c1=O. The molecule has 0 atom stereocenters. The van der Waals surface area contributed by atoms with Crippen LogP contribution in [0.1, 0.15) is 45.6 Å². The summed E-state index contributed by atoms with van der Waals surface area (Å²) in [4.78, 5) is 21.6. The van der Waals surface area contributed by atoms with E-state index in [-0.39, 0.29) is 11.0 Å². The highest BCUT2D eigenvalue weighted by Gasteiger charge is 2.31. The van der Waals surface area contributed by atoms with Gasteiger partial charge in [0.25, 0.3) is 5.56 Å². The molecule has 0 saturated carbocycles. The molecule has 1 N–H and O–H groups in total. The molecule has 0 fully saturated rings. The van der Waals surface area contributed by atoms with E-state index in [2.05, 4.69) is 36.1 Å². The number of hydrogen-bond acceptors (Lipinski definition) is 4. The maximum absolute atomic E-state index is 14.9. The normalized spacial score (nSPS) is 14.9. The minimum atomic E-state index is -0.479. The largest absolute Gasteiger partial charge is 0.369 e. The van der Waals surface area contributed by atoms with Gasteiger partial charge < -0.3 is 9.88 Å². The summed E-state index contributed by atoms with van der Waals surface area (Å²) < 4.78 is 16.5. The van der Waals surface area contributed by atoms with Gasteiger partial charge in [-0.3, -0.25) is 4.79 Å². The van der Waals surface area contributed by atoms with Gasteiger partial charge in [0.2, 0.25) is 0 Å². The van der Waals surface area contributed by atoms with Crippen molar-refractivity contribution in [1.82, 2.24) is 14.5 Å². The van der Waals surface area contributed by atoms with E-state index in [0.717, 1.165) is 37.2 Å². The Morgan fingerprint density at radius 2 is 2.11 bits per heavy atom. The van der Waals surface area contributed by atoms with Crippen LogP contribution in [0.5, 0.6) is 0 Å². The Hall–Kier alpha value is -2.76. The van der Waals surface area contributed by atoms with Gasteiger partial charge in [-0.05, 0) is 30.0 Å². The van der Waals surface area contributed by atoms with Gasteiger partial charge in [0.15, 0.2) is 5.82 Å². The van der Waals surface area contributed by atoms with Crippen molar-refractivity contribution in [1.29, 1.82) is 0 Å². The van der Waals surface area contributed by atoms with E-state index < -0.39 is 5.82 Å². The molecule has 0 unspecified atom stereocenters. The molecule has 0 bridgehead atoms. The minimum absolute atomic E-state index is 0.0430. The quantitative estimate of drug-likeness (QED) is 0.663. The third kappa shape index (κ3) is 3.17. The van der Waals surface area contributed by atoms with Gasteiger partial charge in [-0.2, -0.15) is 0 Å². The first kappa shape index (κ1) is 18.6. The number of anilines is 1. The second kappa shape index (κ2) is 7.00. The molecular weight excluding hydrogens is 355 g/mol. The predicted molar refractivity (Wildman–Crippen MR) is 110 cm³/mol. The maximum Gasteiger partial charge on any atom is 0.258 e. The molecule has 146 valence electrons. The molecule has 28 heavy (non-hydrogen) atoms. The number of pyridine rings is 1. The zero-order valence-electron chi connectivity index (χ0n) is 16.6. The Bertz CT molecular complexity index is 1100. The van der Waals surface area contributed by atoms with Crippen LogP contribution in [0.4, 0.5) is 10.2 Å². The van der Waals surface area contributed by atoms with Gasteiger partial charge in [-0.25, -0.2) is 14.4 Å². The molecule has 1 aliphatic heterocycles. The summed E-state index contributed by atoms with van der Waals surface area (Å²) >= 11 is 0. The average molecular weight is 380 g/mol. The Labute approximate surface area is 163 Å². The smallest absolute Gasteiger partial charge is 0.258 e. The summed E-state index contributed by atoms with van der Waals surface area (Å²) in [7, 11) is 0. The van der Waals surface area contributed by atoms with Crippen LogP contribution in [0.3, 0.4) is 0 Å². The summed E-state index contributed by atoms with van der Waals surface area (Å²) in [5.74, 6) is 0.601. The fourth-order valence-electron chi connectivity index (χ4n) is 3.73. The van der Waals surface area contributed by atoms with E-state index in [4.69, 9.17) is 0 Å². The van der Waals surface area contributed by atoms with Gasteiger partial charge >= 0.3 is 0 Å². The molecule has 3 aromatic rings. The standard InChI is InChI=1S/C22H25FN4O/c1-4-5-6-8-27-9-7-14-10-16(18(23)11-15(14)21(27)28)19-24-12-17-20(26-19)25-13-22(17,2)3/h7,9-12H,4-6,8,13H2,1-3H3,(H,24,25,26). The Balaban J connectivity index is 1.75. The van der Waals surface area contributed by atoms with Crippen molar-refractivity contribution in [3.05, 3.63) is 52.3 Å². The summed E-state index contributed by atoms with van der Waals surface area (Å²) in [5, 5.41) is 4.36. The zero-order chi connectivity index (χ0) is 19.9. The van der Waals surface area contributed by atoms with E-state index in [1.807, 2.05) is 6.07 Å². The fourth-order valence-corrected chi connectivity index (χ4v) is 3.73. The average Bonchev–Trinajstić information content (AvgIpc) is 2.98. The molecular formula is C22H25FN4O. The first-order valence-corrected chi connectivity index (χ1v) is 9.85. The van der Waals surface area contributed by atoms with Gasteiger partial charge in [0, 0.05) is 36.5 Å². The van der Waals surface area contributed by atoms with Crippen LogP contribution >= 0.6 is 0 Å². The summed E-state index contributed by atoms with van der Waals surface area (Å²) in [6.45, 7) is 7.80. The number of nitrogens with one attached hydrogen (secondary N) is 1. The van der Waals surface area contributed by atoms with E-state index in [1.54, 1.807) is 23.0 Å². The lowest BCUT2D eigenvalue weighted by molar-refractivity contribution is 0.584. The number of unbranched alkanes of at least 4 members (excludes halogenated alkanes) is 2. The van der Waals surface area contributed by atoms with Crippen LogP contribution < -0.4 is 10.9 Å². The van der Waals surface area contributed by atoms with E-state index in [0.29, 0.717) is 28.7 Å². The first-order valence-electron chi connectivity index (χ1n) is 9.85. The van der Waals surface area contributed by atoms with Crippen molar-refractivity contribution in [3.8, 4) is 11.4 Å². The third-order valence-electron chi connectivity index (χ3n) is 5.52. The molecule has 1 aliphatic rings. The summed E-state index contributed by atoms with van der Waals surface area (Å²) in [6, 6.07) is 4.85. The summed E-state index contributed by atoms with van der Waals surface area (Å²) in [6.07, 6.45) is 6.66. The van der Waals surface area contributed by atoms with Crippen molar-refractivity contribution >= 4 is 16.6 Å². The van der Waals surface area contributed by atoms with Crippen LogP contribution in [0.2, 0.25) is 0 Å². The van der Waals surface area contributed by atoms with Crippen molar-refractivity contribution in [2.24, 2.45) is 0 Å². The second-order valence-corrected chi connectivity index (χ2v) is 8.13. The van der Waals surface area contributed by atoms with E-state index in [1.165, 1.54) is 6.07 Å². The van der Waals surface area contributed by atoms with Crippen LogP contribution in [-0.2, 0) is 12.0 Å². The molecule has 2 aromatic heterocycles. The molecule has 0 radical (unpaired) electrons. The lowest BCUT2D eigenvalue weighted by Gasteiger charge is -2.15. The van der Waals surface area contributed by atoms with Gasteiger partial charge in [0.1, 0.15) is 11.6 Å². The van der Waals surface area contributed by atoms with Crippen molar-refractivity contribution in [3.63, 3.8) is 0 Å². The van der Waals surface area contributed by atoms with Crippen LogP contribution in [0.25, 0.3) is 22.2 Å². The van der Waals surface area contributed by atoms with Crippen LogP contribution in [0, 0.1) is 5.82 Å². The highest BCUT2D eigenvalue weighted by atomic mass is 19.1. The van der Waals surface area contributed by atoms with Gasteiger partial charge in [-0.15, -0.1) is 0 Å². The van der Waals surface area contributed by atoms with Crippen LogP contribution in [0.15, 0.2) is 35.4 Å². The maximum atomic E-state index is 14.9.